The third-order valence-corrected chi connectivity index (χ3v) is 3.78. The number of hydrogen-bond acceptors (Lipinski definition) is 5. The molecule has 0 amide bonds. The summed E-state index contributed by atoms with van der Waals surface area (Å²) >= 11 is 0. The molecule has 0 radical (unpaired) electrons. The Morgan fingerprint density at radius 3 is 2.90 bits per heavy atom. The lowest BCUT2D eigenvalue weighted by molar-refractivity contribution is -0.150. The van der Waals surface area contributed by atoms with E-state index in [0.29, 0.717) is 13.2 Å². The fourth-order valence-corrected chi connectivity index (χ4v) is 2.57. The summed E-state index contributed by atoms with van der Waals surface area (Å²) in [6, 6.07) is 0. The molecule has 0 unspecified atom stereocenters. The normalized spacial score (nSPS) is 20.5. The van der Waals surface area contributed by atoms with E-state index in [1.54, 1.807) is 0 Å². The van der Waals surface area contributed by atoms with Gasteiger partial charge >= 0.3 is 5.97 Å². The second-order valence-corrected chi connectivity index (χ2v) is 6.69. The van der Waals surface area contributed by atoms with E-state index in [1.807, 2.05) is 13.1 Å². The van der Waals surface area contributed by atoms with Gasteiger partial charge in [-0.1, -0.05) is 20.8 Å². The summed E-state index contributed by atoms with van der Waals surface area (Å²) in [6.07, 6.45) is 3.73. The smallest absolute Gasteiger partial charge is 0.310 e. The van der Waals surface area contributed by atoms with Gasteiger partial charge in [0.15, 0.2) is 0 Å². The SMILES string of the molecule is CCOC(=O)[C@@H]1CCCN(Cc2ncc(C(C)(C)C)o2)C1. The topological polar surface area (TPSA) is 55.6 Å². The van der Waals surface area contributed by atoms with Gasteiger partial charge in [-0.2, -0.15) is 0 Å². The van der Waals surface area contributed by atoms with Gasteiger partial charge in [0.05, 0.1) is 25.3 Å². The monoisotopic (exact) mass is 294 g/mol. The average molecular weight is 294 g/mol. The minimum absolute atomic E-state index is 0.0178. The summed E-state index contributed by atoms with van der Waals surface area (Å²) in [5.41, 5.74) is -0.0272. The number of nitrogens with zero attached hydrogens (tertiary/aromatic N) is 2. The maximum absolute atomic E-state index is 11.8. The molecule has 5 nitrogen and oxygen atoms in total. The summed E-state index contributed by atoms with van der Waals surface area (Å²) < 4.78 is 10.9. The van der Waals surface area contributed by atoms with Crippen LogP contribution in [0.15, 0.2) is 10.6 Å². The van der Waals surface area contributed by atoms with Crippen LogP contribution in [0.2, 0.25) is 0 Å². The Labute approximate surface area is 126 Å². The molecule has 0 N–H and O–H groups in total. The van der Waals surface area contributed by atoms with Crippen molar-refractivity contribution in [3.05, 3.63) is 17.8 Å². The first-order chi connectivity index (χ1) is 9.90. The number of piperidine rings is 1. The van der Waals surface area contributed by atoms with E-state index in [4.69, 9.17) is 9.15 Å². The van der Waals surface area contributed by atoms with Crippen LogP contribution in [-0.4, -0.2) is 35.5 Å². The van der Waals surface area contributed by atoms with Crippen molar-refractivity contribution in [1.82, 2.24) is 9.88 Å². The lowest BCUT2D eigenvalue weighted by atomic mass is 9.94. The van der Waals surface area contributed by atoms with Crippen molar-refractivity contribution in [2.75, 3.05) is 19.7 Å². The highest BCUT2D eigenvalue weighted by Gasteiger charge is 2.28. The first-order valence-electron chi connectivity index (χ1n) is 7.74. The summed E-state index contributed by atoms with van der Waals surface area (Å²) in [6.45, 7) is 11.0. The fourth-order valence-electron chi connectivity index (χ4n) is 2.57. The lowest BCUT2D eigenvalue weighted by Crippen LogP contribution is -2.39. The molecule has 2 rings (SSSR count). The van der Waals surface area contributed by atoms with Crippen LogP contribution in [0.25, 0.3) is 0 Å². The van der Waals surface area contributed by atoms with Crippen LogP contribution in [0.5, 0.6) is 0 Å². The van der Waals surface area contributed by atoms with E-state index < -0.39 is 0 Å². The molecule has 5 heteroatoms. The lowest BCUT2D eigenvalue weighted by Gasteiger charge is -2.30. The standard InChI is InChI=1S/C16H26N2O3/c1-5-20-15(19)12-7-6-8-18(10-12)11-14-17-9-13(21-14)16(2,3)4/h9,12H,5-8,10-11H2,1-4H3/t12-/m1/s1. The Kier molecular flexibility index (Phi) is 5.04. The first kappa shape index (κ1) is 16.0. The zero-order valence-electron chi connectivity index (χ0n) is 13.5. The Hall–Kier alpha value is -1.36. The molecule has 1 aromatic heterocycles. The number of carbonyl (C=O) groups excluding carboxylic acids is 1. The minimum atomic E-state index is -0.0787. The molecule has 0 saturated carbocycles. The van der Waals surface area contributed by atoms with E-state index >= 15 is 0 Å². The third-order valence-electron chi connectivity index (χ3n) is 3.78. The Balaban J connectivity index is 1.93. The van der Waals surface area contributed by atoms with Crippen molar-refractivity contribution in [2.45, 2.75) is 52.5 Å². The van der Waals surface area contributed by atoms with Gasteiger partial charge < -0.3 is 9.15 Å². The Morgan fingerprint density at radius 2 is 2.29 bits per heavy atom. The van der Waals surface area contributed by atoms with Gasteiger partial charge in [0.1, 0.15) is 5.76 Å². The van der Waals surface area contributed by atoms with Crippen molar-refractivity contribution in [2.24, 2.45) is 5.92 Å². The highest BCUT2D eigenvalue weighted by molar-refractivity contribution is 5.72. The molecule has 0 aromatic carbocycles. The van der Waals surface area contributed by atoms with Crippen LogP contribution < -0.4 is 0 Å². The second-order valence-electron chi connectivity index (χ2n) is 6.69. The predicted octanol–water partition coefficient (Wildman–Crippen LogP) is 2.75. The van der Waals surface area contributed by atoms with Crippen molar-refractivity contribution in [3.8, 4) is 0 Å². The second kappa shape index (κ2) is 6.60. The molecular weight excluding hydrogens is 268 g/mol. The van der Waals surface area contributed by atoms with Gasteiger partial charge in [0.25, 0.3) is 0 Å². The van der Waals surface area contributed by atoms with E-state index in [1.165, 1.54) is 0 Å². The van der Waals surface area contributed by atoms with E-state index in [2.05, 4.69) is 30.7 Å². The highest BCUT2D eigenvalue weighted by Crippen LogP contribution is 2.24. The molecule has 0 spiro atoms. The molecule has 1 saturated heterocycles. The highest BCUT2D eigenvalue weighted by atomic mass is 16.5. The summed E-state index contributed by atoms with van der Waals surface area (Å²) in [5.74, 6) is 1.53. The van der Waals surface area contributed by atoms with E-state index in [0.717, 1.165) is 37.6 Å². The summed E-state index contributed by atoms with van der Waals surface area (Å²) in [4.78, 5) is 18.4. The quantitative estimate of drug-likeness (QED) is 0.799. The van der Waals surface area contributed by atoms with Gasteiger partial charge in [0, 0.05) is 12.0 Å². The van der Waals surface area contributed by atoms with Crippen molar-refractivity contribution in [1.29, 1.82) is 0 Å². The van der Waals surface area contributed by atoms with Gasteiger partial charge in [0.2, 0.25) is 5.89 Å². The molecule has 1 aliphatic heterocycles. The fraction of sp³-hybridized carbons (Fsp3) is 0.750. The number of carbonyl (C=O) groups is 1. The van der Waals surface area contributed by atoms with Crippen LogP contribution in [0.3, 0.4) is 0 Å². The number of ether oxygens (including phenoxy) is 1. The first-order valence-corrected chi connectivity index (χ1v) is 7.74. The average Bonchev–Trinajstić information content (AvgIpc) is 2.88. The van der Waals surface area contributed by atoms with Gasteiger partial charge in [-0.25, -0.2) is 4.98 Å². The number of aromatic nitrogens is 1. The molecule has 1 aromatic rings. The number of hydrogen-bond donors (Lipinski definition) is 0. The van der Waals surface area contributed by atoms with Gasteiger partial charge in [-0.15, -0.1) is 0 Å². The minimum Gasteiger partial charge on any atom is -0.466 e. The predicted molar refractivity (Wildman–Crippen MR) is 79.8 cm³/mol. The van der Waals surface area contributed by atoms with Crippen molar-refractivity contribution >= 4 is 5.97 Å². The molecule has 2 heterocycles. The molecule has 0 bridgehead atoms. The van der Waals surface area contributed by atoms with Crippen molar-refractivity contribution in [3.63, 3.8) is 0 Å². The Morgan fingerprint density at radius 1 is 1.52 bits per heavy atom. The summed E-state index contributed by atoms with van der Waals surface area (Å²) in [7, 11) is 0. The molecular formula is C16H26N2O3. The maximum Gasteiger partial charge on any atom is 0.310 e. The number of likely N-dealkylation sites (tertiary alicyclic amines) is 1. The molecule has 1 fully saturated rings. The molecule has 0 aliphatic carbocycles. The van der Waals surface area contributed by atoms with Gasteiger partial charge in [-0.3, -0.25) is 9.69 Å². The van der Waals surface area contributed by atoms with Gasteiger partial charge in [-0.05, 0) is 26.3 Å². The van der Waals surface area contributed by atoms with Crippen LogP contribution in [0, 0.1) is 5.92 Å². The molecule has 1 atom stereocenters. The number of oxazole rings is 1. The molecule has 1 aliphatic rings. The zero-order chi connectivity index (χ0) is 15.5. The third kappa shape index (κ3) is 4.30. The largest absolute Gasteiger partial charge is 0.466 e. The van der Waals surface area contributed by atoms with E-state index in [-0.39, 0.29) is 17.3 Å². The maximum atomic E-state index is 11.8. The Bertz CT molecular complexity index is 476. The molecule has 118 valence electrons. The number of rotatable bonds is 4. The molecule has 21 heavy (non-hydrogen) atoms. The van der Waals surface area contributed by atoms with Crippen LogP contribution in [-0.2, 0) is 21.5 Å². The van der Waals surface area contributed by atoms with Crippen molar-refractivity contribution < 1.29 is 13.9 Å². The summed E-state index contributed by atoms with van der Waals surface area (Å²) in [5, 5.41) is 0. The van der Waals surface area contributed by atoms with E-state index in [9.17, 15) is 4.79 Å². The zero-order valence-corrected chi connectivity index (χ0v) is 13.5. The van der Waals surface area contributed by atoms with Crippen LogP contribution in [0.1, 0.15) is 52.2 Å². The van der Waals surface area contributed by atoms with Crippen LogP contribution >= 0.6 is 0 Å². The van der Waals surface area contributed by atoms with Crippen LogP contribution in [0.4, 0.5) is 0 Å². The number of esters is 1.